The van der Waals surface area contributed by atoms with Crippen LogP contribution in [0.15, 0.2) is 23.5 Å². The summed E-state index contributed by atoms with van der Waals surface area (Å²) in [5.74, 6) is -1.35. The maximum atomic E-state index is 13.5. The summed E-state index contributed by atoms with van der Waals surface area (Å²) in [6, 6.07) is 0. The second-order valence-electron chi connectivity index (χ2n) is 8.58. The fourth-order valence-corrected chi connectivity index (χ4v) is 6.09. The van der Waals surface area contributed by atoms with Gasteiger partial charge in [-0.3, -0.25) is 4.79 Å². The highest BCUT2D eigenvalue weighted by atomic mass is 16.6. The van der Waals surface area contributed by atoms with Crippen LogP contribution in [-0.4, -0.2) is 44.9 Å². The highest BCUT2D eigenvalue weighted by molar-refractivity contribution is 6.03. The van der Waals surface area contributed by atoms with Crippen molar-refractivity contribution in [3.63, 3.8) is 0 Å². The van der Waals surface area contributed by atoms with Crippen LogP contribution in [0.25, 0.3) is 0 Å². The third kappa shape index (κ3) is 1.24. The number of ether oxygens (including phenoxy) is 2. The van der Waals surface area contributed by atoms with Gasteiger partial charge in [0.05, 0.1) is 5.60 Å². The summed E-state index contributed by atoms with van der Waals surface area (Å²) < 4.78 is 12.2. The van der Waals surface area contributed by atoms with Crippen molar-refractivity contribution in [3.05, 3.63) is 23.5 Å². The Morgan fingerprint density at radius 2 is 1.96 bits per heavy atom. The van der Waals surface area contributed by atoms with E-state index >= 15 is 0 Å². The number of carbonyl (C=O) groups excluding carboxylic acids is 2. The largest absolute Gasteiger partial charge is 0.512 e. The smallest absolute Gasteiger partial charge is 0.341 e. The molecule has 134 valence electrons. The number of fused-ring (bicyclic) bond motifs is 1. The first-order valence-corrected chi connectivity index (χ1v) is 8.95. The predicted octanol–water partition coefficient (Wildman–Crippen LogP) is 1.58. The molecule has 0 aromatic heterocycles. The molecule has 3 heterocycles. The number of carbonyl (C=O) groups is 2. The number of allylic oxidation sites excluding steroid dienone is 1. The molecule has 5 rings (SSSR count). The normalized spacial score (nSPS) is 55.9. The Hall–Kier alpha value is -1.66. The van der Waals surface area contributed by atoms with Crippen LogP contribution < -0.4 is 0 Å². The van der Waals surface area contributed by atoms with Gasteiger partial charge in [-0.2, -0.15) is 0 Å². The summed E-state index contributed by atoms with van der Waals surface area (Å²) in [6.45, 7) is 5.54. The molecule has 2 N–H and O–H groups in total. The summed E-state index contributed by atoms with van der Waals surface area (Å²) in [7, 11) is 0. The van der Waals surface area contributed by atoms with Gasteiger partial charge in [0.2, 0.25) is 0 Å². The molecule has 6 nitrogen and oxygen atoms in total. The standard InChI is InChI=1S/C19H22O6/c1-9-4-5-11(20)12-14(22)24-17-6-7-18(13(9)21)15(23)16(3,10(2)8-17)25-19(12,17)18/h6-7,9-10,15,20,23H,4-5,8H2,1-3H3. The molecule has 3 fully saturated rings. The minimum atomic E-state index is -1.46. The van der Waals surface area contributed by atoms with Gasteiger partial charge in [-0.1, -0.05) is 19.9 Å². The molecule has 7 atom stereocenters. The molecule has 0 radical (unpaired) electrons. The lowest BCUT2D eigenvalue weighted by atomic mass is 9.59. The van der Waals surface area contributed by atoms with Crippen LogP contribution in [0, 0.1) is 17.3 Å². The zero-order valence-corrected chi connectivity index (χ0v) is 14.5. The molecule has 5 aliphatic rings. The number of aliphatic hydroxyl groups is 2. The van der Waals surface area contributed by atoms with E-state index in [9.17, 15) is 19.8 Å². The molecule has 3 aliphatic heterocycles. The third-order valence-electron chi connectivity index (χ3n) is 7.52. The van der Waals surface area contributed by atoms with Crippen LogP contribution in [0.4, 0.5) is 0 Å². The van der Waals surface area contributed by atoms with Crippen LogP contribution >= 0.6 is 0 Å². The summed E-state index contributed by atoms with van der Waals surface area (Å²) in [6.07, 6.45) is 3.39. The summed E-state index contributed by atoms with van der Waals surface area (Å²) in [5.41, 5.74) is -4.97. The van der Waals surface area contributed by atoms with Gasteiger partial charge >= 0.3 is 5.97 Å². The number of aliphatic hydroxyl groups excluding tert-OH is 2. The van der Waals surface area contributed by atoms with E-state index in [1.165, 1.54) is 0 Å². The molecule has 2 bridgehead atoms. The Morgan fingerprint density at radius 3 is 2.68 bits per heavy atom. The van der Waals surface area contributed by atoms with Crippen molar-refractivity contribution >= 4 is 11.8 Å². The third-order valence-corrected chi connectivity index (χ3v) is 7.52. The van der Waals surface area contributed by atoms with Crippen LogP contribution in [0.1, 0.15) is 40.0 Å². The minimum Gasteiger partial charge on any atom is -0.512 e. The summed E-state index contributed by atoms with van der Waals surface area (Å²) in [4.78, 5) is 26.3. The first-order chi connectivity index (χ1) is 11.7. The van der Waals surface area contributed by atoms with E-state index in [0.717, 1.165) is 0 Å². The number of hydrogen-bond acceptors (Lipinski definition) is 6. The average Bonchev–Trinajstić information content (AvgIpc) is 3.02. The Balaban J connectivity index is 1.94. The number of rotatable bonds is 0. The van der Waals surface area contributed by atoms with Gasteiger partial charge in [0.15, 0.2) is 17.0 Å². The van der Waals surface area contributed by atoms with Gasteiger partial charge in [0.1, 0.15) is 22.9 Å². The van der Waals surface area contributed by atoms with Gasteiger partial charge in [-0.05, 0) is 31.8 Å². The number of Topliss-reactive ketones (excluding diaryl/α,β-unsaturated/α-hetero) is 1. The van der Waals surface area contributed by atoms with Crippen molar-refractivity contribution in [2.75, 3.05) is 0 Å². The van der Waals surface area contributed by atoms with Gasteiger partial charge in [0.25, 0.3) is 0 Å². The zero-order chi connectivity index (χ0) is 18.0. The SMILES string of the molecule is CC1CCC(O)=C2C(=O)OC34C=CC5(C1=O)C(O)C(C)(OC235)C(C)C4. The van der Waals surface area contributed by atoms with Crippen LogP contribution in [0.3, 0.4) is 0 Å². The van der Waals surface area contributed by atoms with E-state index in [1.54, 1.807) is 26.0 Å². The Kier molecular flexibility index (Phi) is 2.50. The van der Waals surface area contributed by atoms with Gasteiger partial charge in [-0.15, -0.1) is 0 Å². The van der Waals surface area contributed by atoms with Crippen molar-refractivity contribution in [1.82, 2.24) is 0 Å². The van der Waals surface area contributed by atoms with Crippen molar-refractivity contribution < 1.29 is 29.3 Å². The minimum absolute atomic E-state index is 0.0347. The van der Waals surface area contributed by atoms with E-state index < -0.39 is 34.3 Å². The Morgan fingerprint density at radius 1 is 1.24 bits per heavy atom. The summed E-state index contributed by atoms with van der Waals surface area (Å²) >= 11 is 0. The van der Waals surface area contributed by atoms with Crippen LogP contribution in [-0.2, 0) is 19.1 Å². The fraction of sp³-hybridized carbons (Fsp3) is 0.684. The zero-order valence-electron chi connectivity index (χ0n) is 14.5. The van der Waals surface area contributed by atoms with Crippen molar-refractivity contribution in [1.29, 1.82) is 0 Å². The second kappa shape index (κ2) is 4.01. The Labute approximate surface area is 145 Å². The van der Waals surface area contributed by atoms with Crippen molar-refractivity contribution in [3.8, 4) is 0 Å². The van der Waals surface area contributed by atoms with Gasteiger partial charge in [-0.25, -0.2) is 4.79 Å². The lowest BCUT2D eigenvalue weighted by Gasteiger charge is -2.49. The molecule has 0 aromatic rings. The number of esters is 1. The first-order valence-electron chi connectivity index (χ1n) is 8.95. The first kappa shape index (κ1) is 15.6. The van der Waals surface area contributed by atoms with E-state index in [1.807, 2.05) is 6.92 Å². The van der Waals surface area contributed by atoms with Crippen LogP contribution in [0.5, 0.6) is 0 Å². The van der Waals surface area contributed by atoms with Gasteiger partial charge < -0.3 is 19.7 Å². The van der Waals surface area contributed by atoms with Crippen molar-refractivity contribution in [2.24, 2.45) is 17.3 Å². The highest BCUT2D eigenvalue weighted by Crippen LogP contribution is 2.74. The van der Waals surface area contributed by atoms with E-state index in [4.69, 9.17) is 9.47 Å². The molecule has 7 unspecified atom stereocenters. The molecule has 3 saturated heterocycles. The molecule has 25 heavy (non-hydrogen) atoms. The molecule has 0 aromatic carbocycles. The average molecular weight is 346 g/mol. The van der Waals surface area contributed by atoms with E-state index in [2.05, 4.69) is 0 Å². The van der Waals surface area contributed by atoms with Crippen LogP contribution in [0.2, 0.25) is 0 Å². The number of ketones is 1. The lowest BCUT2D eigenvalue weighted by Crippen LogP contribution is -2.63. The van der Waals surface area contributed by atoms with Gasteiger partial charge in [0, 0.05) is 12.3 Å². The van der Waals surface area contributed by atoms with Crippen molar-refractivity contribution in [2.45, 2.75) is 62.9 Å². The fourth-order valence-electron chi connectivity index (χ4n) is 6.09. The second-order valence-corrected chi connectivity index (χ2v) is 8.58. The molecule has 6 heteroatoms. The predicted molar refractivity (Wildman–Crippen MR) is 85.5 cm³/mol. The topological polar surface area (TPSA) is 93.1 Å². The highest BCUT2D eigenvalue weighted by Gasteiger charge is 2.89. The molecule has 0 saturated carbocycles. The quantitative estimate of drug-likeness (QED) is 0.511. The molecule has 0 amide bonds. The molecule has 1 spiro atoms. The van der Waals surface area contributed by atoms with E-state index in [-0.39, 0.29) is 35.4 Å². The molecule has 2 aliphatic carbocycles. The lowest BCUT2D eigenvalue weighted by molar-refractivity contribution is -0.221. The molecular formula is C19H22O6. The summed E-state index contributed by atoms with van der Waals surface area (Å²) in [5, 5.41) is 22.1. The number of hydrogen-bond donors (Lipinski definition) is 2. The molecular weight excluding hydrogens is 324 g/mol. The monoisotopic (exact) mass is 346 g/mol. The maximum Gasteiger partial charge on any atom is 0.341 e. The van der Waals surface area contributed by atoms with E-state index in [0.29, 0.717) is 12.8 Å². The Bertz CT molecular complexity index is 798. The maximum absolute atomic E-state index is 13.5.